The van der Waals surface area contributed by atoms with Crippen LogP contribution in [-0.2, 0) is 18.3 Å². The number of H-pyrrole nitrogens is 1. The Morgan fingerprint density at radius 1 is 1.04 bits per heavy atom. The van der Waals surface area contributed by atoms with E-state index in [-0.39, 0.29) is 11.0 Å². The molecule has 0 saturated carbocycles. The number of aromatic nitrogens is 2. The van der Waals surface area contributed by atoms with E-state index in [2.05, 4.69) is 31.8 Å². The van der Waals surface area contributed by atoms with Crippen LogP contribution in [-0.4, -0.2) is 9.55 Å². The van der Waals surface area contributed by atoms with Crippen LogP contribution in [0.5, 0.6) is 0 Å². The maximum absolute atomic E-state index is 13.4. The first-order valence-corrected chi connectivity index (χ1v) is 9.00. The first-order valence-electron chi connectivity index (χ1n) is 9.00. The third-order valence-corrected chi connectivity index (χ3v) is 5.30. The molecule has 0 unspecified atom stereocenters. The van der Waals surface area contributed by atoms with Crippen LogP contribution in [0.3, 0.4) is 0 Å². The molecule has 0 fully saturated rings. The molecule has 1 aliphatic carbocycles. The molecule has 4 rings (SSSR count). The number of fused-ring (bicyclic) bond motifs is 3. The van der Waals surface area contributed by atoms with Gasteiger partial charge in [-0.15, -0.1) is 0 Å². The lowest BCUT2D eigenvalue weighted by Gasteiger charge is -2.33. The minimum Gasteiger partial charge on any atom is -0.306 e. The molecule has 1 aliphatic rings. The van der Waals surface area contributed by atoms with Gasteiger partial charge in [0.25, 0.3) is 5.56 Å². The molecule has 0 aliphatic heterocycles. The lowest BCUT2D eigenvalue weighted by Crippen LogP contribution is -2.43. The Bertz CT molecular complexity index is 1100. The van der Waals surface area contributed by atoms with Crippen molar-refractivity contribution in [3.8, 4) is 16.9 Å². The van der Waals surface area contributed by atoms with E-state index in [1.54, 1.807) is 0 Å². The third-order valence-electron chi connectivity index (χ3n) is 5.30. The summed E-state index contributed by atoms with van der Waals surface area (Å²) < 4.78 is 1.26. The molecule has 0 bridgehead atoms. The Morgan fingerprint density at radius 3 is 2.42 bits per heavy atom. The largest absolute Gasteiger partial charge is 0.333 e. The Kier molecular flexibility index (Phi) is 3.72. The van der Waals surface area contributed by atoms with Crippen LogP contribution < -0.4 is 11.2 Å². The zero-order valence-corrected chi connectivity index (χ0v) is 15.3. The Labute approximate surface area is 152 Å². The van der Waals surface area contributed by atoms with Gasteiger partial charge in [-0.3, -0.25) is 4.79 Å². The van der Waals surface area contributed by atoms with Crippen LogP contribution in [0.25, 0.3) is 16.9 Å². The maximum atomic E-state index is 13.4. The summed E-state index contributed by atoms with van der Waals surface area (Å²) in [5.74, 6) is 0. The molecular weight excluding hydrogens is 324 g/mol. The topological polar surface area (TPSA) is 54.9 Å². The summed E-state index contributed by atoms with van der Waals surface area (Å²) >= 11 is 0. The predicted molar refractivity (Wildman–Crippen MR) is 104 cm³/mol. The first-order chi connectivity index (χ1) is 12.4. The van der Waals surface area contributed by atoms with Gasteiger partial charge in [-0.2, -0.15) is 0 Å². The van der Waals surface area contributed by atoms with Crippen molar-refractivity contribution >= 4 is 0 Å². The van der Waals surface area contributed by atoms with E-state index in [0.29, 0.717) is 16.9 Å². The predicted octanol–water partition coefficient (Wildman–Crippen LogP) is 3.59. The third kappa shape index (κ3) is 2.45. The second-order valence-corrected chi connectivity index (χ2v) is 7.56. The zero-order chi connectivity index (χ0) is 18.5. The van der Waals surface area contributed by atoms with Gasteiger partial charge in [0.1, 0.15) is 0 Å². The van der Waals surface area contributed by atoms with Crippen molar-refractivity contribution in [1.29, 1.82) is 0 Å². The first kappa shape index (κ1) is 16.6. The molecule has 0 atom stereocenters. The summed E-state index contributed by atoms with van der Waals surface area (Å²) in [5.41, 5.74) is 4.24. The van der Waals surface area contributed by atoms with Gasteiger partial charge in [-0.1, -0.05) is 57.2 Å². The minimum atomic E-state index is -0.398. The summed E-state index contributed by atoms with van der Waals surface area (Å²) in [6, 6.07) is 15.6. The highest BCUT2D eigenvalue weighted by atomic mass is 16.2. The maximum Gasteiger partial charge on any atom is 0.333 e. The van der Waals surface area contributed by atoms with E-state index in [1.807, 2.05) is 42.5 Å². The van der Waals surface area contributed by atoms with Crippen molar-refractivity contribution < 1.29 is 0 Å². The van der Waals surface area contributed by atoms with Crippen molar-refractivity contribution in [3.05, 3.63) is 86.1 Å². The highest BCUT2D eigenvalue weighted by molar-refractivity contribution is 5.71. The highest BCUT2D eigenvalue weighted by Gasteiger charge is 2.35. The standard InChI is InChI=1S/C22H22N2O2/c1-4-14-9-11-16(12-10-14)24-20(25)18-19(23-21(24)26)17-8-6-5-7-15(17)13-22(18,2)3/h5-12H,4,13H2,1-3H3,(H,23,26). The van der Waals surface area contributed by atoms with Crippen molar-refractivity contribution in [2.75, 3.05) is 0 Å². The van der Waals surface area contributed by atoms with E-state index < -0.39 is 5.69 Å². The van der Waals surface area contributed by atoms with Crippen molar-refractivity contribution in [3.63, 3.8) is 0 Å². The summed E-state index contributed by atoms with van der Waals surface area (Å²) in [6.45, 7) is 6.20. The van der Waals surface area contributed by atoms with Gasteiger partial charge in [-0.05, 0) is 36.1 Å². The Morgan fingerprint density at radius 2 is 1.73 bits per heavy atom. The van der Waals surface area contributed by atoms with E-state index in [0.717, 1.165) is 24.0 Å². The van der Waals surface area contributed by atoms with Gasteiger partial charge in [0.05, 0.1) is 11.4 Å². The molecule has 0 spiro atoms. The lowest BCUT2D eigenvalue weighted by molar-refractivity contribution is 0.502. The van der Waals surface area contributed by atoms with E-state index in [4.69, 9.17) is 0 Å². The number of hydrogen-bond acceptors (Lipinski definition) is 2. The summed E-state index contributed by atoms with van der Waals surface area (Å²) in [5, 5.41) is 0. The van der Waals surface area contributed by atoms with Crippen molar-refractivity contribution in [2.45, 2.75) is 39.0 Å². The van der Waals surface area contributed by atoms with Gasteiger partial charge in [-0.25, -0.2) is 9.36 Å². The fourth-order valence-electron chi connectivity index (χ4n) is 3.96. The molecule has 3 aromatic rings. The average molecular weight is 346 g/mol. The van der Waals surface area contributed by atoms with Gasteiger partial charge < -0.3 is 4.98 Å². The molecule has 26 heavy (non-hydrogen) atoms. The van der Waals surface area contributed by atoms with Gasteiger partial charge >= 0.3 is 5.69 Å². The van der Waals surface area contributed by atoms with Crippen molar-refractivity contribution in [2.24, 2.45) is 0 Å². The smallest absolute Gasteiger partial charge is 0.306 e. The summed E-state index contributed by atoms with van der Waals surface area (Å²) in [7, 11) is 0. The molecule has 1 heterocycles. The second kappa shape index (κ2) is 5.84. The quantitative estimate of drug-likeness (QED) is 0.771. The van der Waals surface area contributed by atoms with Crippen LogP contribution >= 0.6 is 0 Å². The van der Waals surface area contributed by atoms with Gasteiger partial charge in [0.15, 0.2) is 0 Å². The molecular formula is C22H22N2O2. The number of nitrogens with one attached hydrogen (secondary N) is 1. The number of nitrogens with zero attached hydrogens (tertiary/aromatic N) is 1. The van der Waals surface area contributed by atoms with Crippen molar-refractivity contribution in [1.82, 2.24) is 9.55 Å². The van der Waals surface area contributed by atoms with E-state index in [9.17, 15) is 9.59 Å². The van der Waals surface area contributed by atoms with Crippen LogP contribution in [0.2, 0.25) is 0 Å². The lowest BCUT2D eigenvalue weighted by atomic mass is 9.72. The number of benzene rings is 2. The number of hydrogen-bond donors (Lipinski definition) is 1. The Hall–Kier alpha value is -2.88. The SMILES string of the molecule is CCc1ccc(-n2c(=O)[nH]c3c(c2=O)C(C)(C)Cc2ccccc2-3)cc1. The molecule has 132 valence electrons. The number of rotatable bonds is 2. The molecule has 1 N–H and O–H groups in total. The normalized spacial score (nSPS) is 14.6. The number of aryl methyl sites for hydroxylation is 1. The monoisotopic (exact) mass is 346 g/mol. The average Bonchev–Trinajstić information content (AvgIpc) is 2.61. The van der Waals surface area contributed by atoms with Gasteiger partial charge in [0.2, 0.25) is 0 Å². The molecule has 1 aromatic heterocycles. The van der Waals surface area contributed by atoms with Crippen LogP contribution in [0.15, 0.2) is 58.1 Å². The fraction of sp³-hybridized carbons (Fsp3) is 0.273. The van der Waals surface area contributed by atoms with Crippen LogP contribution in [0, 0.1) is 0 Å². The Balaban J connectivity index is 2.02. The fourth-order valence-corrected chi connectivity index (χ4v) is 3.96. The molecule has 0 saturated heterocycles. The van der Waals surface area contributed by atoms with Gasteiger partial charge in [0, 0.05) is 16.5 Å². The molecule has 2 aromatic carbocycles. The second-order valence-electron chi connectivity index (χ2n) is 7.56. The molecule has 0 amide bonds. The summed E-state index contributed by atoms with van der Waals surface area (Å²) in [6.07, 6.45) is 1.69. The molecule has 0 radical (unpaired) electrons. The minimum absolute atomic E-state index is 0.229. The zero-order valence-electron chi connectivity index (χ0n) is 15.3. The van der Waals surface area contributed by atoms with E-state index in [1.165, 1.54) is 10.1 Å². The molecule has 4 nitrogen and oxygen atoms in total. The summed E-state index contributed by atoms with van der Waals surface area (Å²) in [4.78, 5) is 29.1. The van der Waals surface area contributed by atoms with E-state index >= 15 is 0 Å². The molecule has 4 heteroatoms. The number of aromatic amines is 1. The van der Waals surface area contributed by atoms with Crippen LogP contribution in [0.4, 0.5) is 0 Å². The van der Waals surface area contributed by atoms with Crippen LogP contribution in [0.1, 0.15) is 37.5 Å². The highest BCUT2D eigenvalue weighted by Crippen LogP contribution is 2.39.